The number of aryl methyl sites for hydroxylation is 1. The summed E-state index contributed by atoms with van der Waals surface area (Å²) in [4.78, 5) is 9.65. The van der Waals surface area contributed by atoms with Crippen LogP contribution in [0.15, 0.2) is 18.3 Å². The van der Waals surface area contributed by atoms with Crippen LogP contribution in [0.1, 0.15) is 22.4 Å². The lowest BCUT2D eigenvalue weighted by Gasteiger charge is -2.04. The monoisotopic (exact) mass is 278 g/mol. The predicted molar refractivity (Wildman–Crippen MR) is 72.8 cm³/mol. The molecule has 18 heavy (non-hydrogen) atoms. The van der Waals surface area contributed by atoms with Crippen molar-refractivity contribution < 1.29 is 0 Å². The summed E-state index contributed by atoms with van der Waals surface area (Å²) in [6.07, 6.45) is 2.87. The molecule has 0 aliphatic heterocycles. The van der Waals surface area contributed by atoms with Crippen molar-refractivity contribution in [2.24, 2.45) is 0 Å². The van der Waals surface area contributed by atoms with Gasteiger partial charge in [0.25, 0.3) is 0 Å². The van der Waals surface area contributed by atoms with Gasteiger partial charge in [0.1, 0.15) is 16.0 Å². The van der Waals surface area contributed by atoms with Gasteiger partial charge in [0.05, 0.1) is 18.2 Å². The first-order chi connectivity index (χ1) is 8.71. The third kappa shape index (κ3) is 3.19. The van der Waals surface area contributed by atoms with Crippen molar-refractivity contribution >= 4 is 28.8 Å². The highest BCUT2D eigenvalue weighted by Crippen LogP contribution is 2.17. The highest BCUT2D eigenvalue weighted by molar-refractivity contribution is 7.11. The third-order valence-electron chi connectivity index (χ3n) is 2.29. The normalized spacial score (nSPS) is 10.1. The summed E-state index contributed by atoms with van der Waals surface area (Å²) in [6, 6.07) is 5.24. The molecule has 2 aromatic rings. The average molecular weight is 279 g/mol. The molecule has 0 fully saturated rings. The van der Waals surface area contributed by atoms with Crippen LogP contribution in [-0.4, -0.2) is 9.97 Å². The number of aromatic nitrogens is 2. The molecule has 0 aromatic carbocycles. The summed E-state index contributed by atoms with van der Waals surface area (Å²) >= 11 is 7.49. The van der Waals surface area contributed by atoms with E-state index in [4.69, 9.17) is 16.9 Å². The van der Waals surface area contributed by atoms with Crippen LogP contribution < -0.4 is 5.32 Å². The Morgan fingerprint density at radius 2 is 2.33 bits per heavy atom. The van der Waals surface area contributed by atoms with E-state index in [1.165, 1.54) is 10.9 Å². The molecule has 0 amide bonds. The van der Waals surface area contributed by atoms with E-state index >= 15 is 0 Å². The second kappa shape index (κ2) is 5.80. The number of hydrogen-bond donors (Lipinski definition) is 1. The standard InChI is InChI=1S/C12H11ClN4S/c1-2-9-6-16-12(18-9)7-15-11-4-8(5-14)3-10(13)17-11/h3-4,6H,2,7H2,1H3,(H,15,17). The van der Waals surface area contributed by atoms with Crippen molar-refractivity contribution in [3.63, 3.8) is 0 Å². The summed E-state index contributed by atoms with van der Waals surface area (Å²) in [5.41, 5.74) is 0.492. The maximum absolute atomic E-state index is 8.83. The van der Waals surface area contributed by atoms with Crippen LogP contribution in [0, 0.1) is 11.3 Å². The number of nitrogens with one attached hydrogen (secondary N) is 1. The number of nitrogens with zero attached hydrogens (tertiary/aromatic N) is 3. The molecule has 0 saturated carbocycles. The molecule has 6 heteroatoms. The molecule has 0 unspecified atom stereocenters. The number of pyridine rings is 1. The van der Waals surface area contributed by atoms with Crippen LogP contribution in [0.3, 0.4) is 0 Å². The first kappa shape index (κ1) is 12.8. The van der Waals surface area contributed by atoms with Crippen LogP contribution in [0.4, 0.5) is 5.82 Å². The Morgan fingerprint density at radius 1 is 1.50 bits per heavy atom. The molecule has 0 radical (unpaired) electrons. The minimum Gasteiger partial charge on any atom is -0.363 e. The van der Waals surface area contributed by atoms with Gasteiger partial charge in [0, 0.05) is 11.1 Å². The molecule has 2 rings (SSSR count). The van der Waals surface area contributed by atoms with Crippen LogP contribution in [0.2, 0.25) is 5.15 Å². The first-order valence-electron chi connectivity index (χ1n) is 5.46. The second-order valence-electron chi connectivity index (χ2n) is 3.60. The minimum absolute atomic E-state index is 0.310. The van der Waals surface area contributed by atoms with Crippen LogP contribution >= 0.6 is 22.9 Å². The van der Waals surface area contributed by atoms with Crippen molar-refractivity contribution in [2.45, 2.75) is 19.9 Å². The molecule has 2 aromatic heterocycles. The molecule has 1 N–H and O–H groups in total. The lowest BCUT2D eigenvalue weighted by atomic mass is 10.3. The highest BCUT2D eigenvalue weighted by atomic mass is 35.5. The van der Waals surface area contributed by atoms with Crippen molar-refractivity contribution in [1.82, 2.24) is 9.97 Å². The van der Waals surface area contributed by atoms with E-state index in [-0.39, 0.29) is 0 Å². The Bertz CT molecular complexity index is 588. The molecule has 0 aliphatic carbocycles. The lowest BCUT2D eigenvalue weighted by molar-refractivity contribution is 1.07. The molecule has 4 nitrogen and oxygen atoms in total. The quantitative estimate of drug-likeness (QED) is 0.872. The van der Waals surface area contributed by atoms with Gasteiger partial charge >= 0.3 is 0 Å². The second-order valence-corrected chi connectivity index (χ2v) is 5.19. The largest absolute Gasteiger partial charge is 0.363 e. The van der Waals surface area contributed by atoms with Crippen LogP contribution in [0.25, 0.3) is 0 Å². The van der Waals surface area contributed by atoms with E-state index in [0.29, 0.717) is 23.1 Å². The van der Waals surface area contributed by atoms with Gasteiger partial charge in [0.15, 0.2) is 0 Å². The summed E-state index contributed by atoms with van der Waals surface area (Å²) in [5.74, 6) is 0.590. The first-order valence-corrected chi connectivity index (χ1v) is 6.66. The Hall–Kier alpha value is -1.64. The van der Waals surface area contributed by atoms with E-state index in [1.54, 1.807) is 17.4 Å². The lowest BCUT2D eigenvalue weighted by Crippen LogP contribution is -2.01. The van der Waals surface area contributed by atoms with E-state index < -0.39 is 0 Å². The highest BCUT2D eigenvalue weighted by Gasteiger charge is 2.03. The van der Waals surface area contributed by atoms with Crippen LogP contribution in [0.5, 0.6) is 0 Å². The molecule has 0 atom stereocenters. The maximum Gasteiger partial charge on any atom is 0.132 e. The summed E-state index contributed by atoms with van der Waals surface area (Å²) in [7, 11) is 0. The number of hydrogen-bond acceptors (Lipinski definition) is 5. The van der Waals surface area contributed by atoms with E-state index in [2.05, 4.69) is 22.2 Å². The zero-order chi connectivity index (χ0) is 13.0. The molecular formula is C12H11ClN4S. The summed E-state index contributed by atoms with van der Waals surface area (Å²) in [5, 5.41) is 13.3. The van der Waals surface area contributed by atoms with E-state index in [0.717, 1.165) is 11.4 Å². The molecular weight excluding hydrogens is 268 g/mol. The fourth-order valence-corrected chi connectivity index (χ4v) is 2.42. The van der Waals surface area contributed by atoms with Gasteiger partial charge < -0.3 is 5.32 Å². The minimum atomic E-state index is 0.310. The SMILES string of the molecule is CCc1cnc(CNc2cc(C#N)cc(Cl)n2)s1. The third-order valence-corrected chi connectivity index (χ3v) is 3.63. The van der Waals surface area contributed by atoms with Crippen LogP contribution in [-0.2, 0) is 13.0 Å². The Labute approximate surface area is 114 Å². The fraction of sp³-hybridized carbons (Fsp3) is 0.250. The van der Waals surface area contributed by atoms with Crippen molar-refractivity contribution in [3.8, 4) is 6.07 Å². The van der Waals surface area contributed by atoms with Crippen molar-refractivity contribution in [1.29, 1.82) is 5.26 Å². The molecule has 0 saturated heterocycles. The number of rotatable bonds is 4. The van der Waals surface area contributed by atoms with Gasteiger partial charge in [-0.1, -0.05) is 18.5 Å². The van der Waals surface area contributed by atoms with Gasteiger partial charge in [-0.2, -0.15) is 5.26 Å². The average Bonchev–Trinajstić information content (AvgIpc) is 2.83. The number of anilines is 1. The smallest absolute Gasteiger partial charge is 0.132 e. The van der Waals surface area contributed by atoms with E-state index in [1.807, 2.05) is 12.3 Å². The van der Waals surface area contributed by atoms with E-state index in [9.17, 15) is 0 Å². The van der Waals surface area contributed by atoms with Gasteiger partial charge in [0.2, 0.25) is 0 Å². The summed E-state index contributed by atoms with van der Waals surface area (Å²) < 4.78 is 0. The van der Waals surface area contributed by atoms with Crippen molar-refractivity contribution in [3.05, 3.63) is 38.9 Å². The Morgan fingerprint density at radius 3 is 3.00 bits per heavy atom. The van der Waals surface area contributed by atoms with Gasteiger partial charge in [-0.25, -0.2) is 9.97 Å². The van der Waals surface area contributed by atoms with Gasteiger partial charge in [-0.15, -0.1) is 11.3 Å². The summed E-state index contributed by atoms with van der Waals surface area (Å²) in [6.45, 7) is 2.69. The zero-order valence-corrected chi connectivity index (χ0v) is 11.3. The van der Waals surface area contributed by atoms with Crippen molar-refractivity contribution in [2.75, 3.05) is 5.32 Å². The zero-order valence-electron chi connectivity index (χ0n) is 9.77. The predicted octanol–water partition coefficient (Wildman–Crippen LogP) is 3.24. The number of halogens is 1. The maximum atomic E-state index is 8.83. The molecule has 92 valence electrons. The molecule has 0 spiro atoms. The number of nitriles is 1. The van der Waals surface area contributed by atoms with Gasteiger partial charge in [-0.3, -0.25) is 0 Å². The fourth-order valence-electron chi connectivity index (χ4n) is 1.41. The number of thiazole rings is 1. The molecule has 2 heterocycles. The Balaban J connectivity index is 2.06. The molecule has 0 bridgehead atoms. The Kier molecular flexibility index (Phi) is 4.13. The van der Waals surface area contributed by atoms with Gasteiger partial charge in [-0.05, 0) is 18.6 Å². The topological polar surface area (TPSA) is 61.6 Å². The molecule has 0 aliphatic rings.